The standard InChI is InChI=1S/C15H21NO4/c16-13(15(18)19)9-5-2-6-10-14(17)20-11-12-7-3-1-4-8-12/h1,3-4,7-8,13H,2,5-6,9-11,16H2,(H,18,19)/p-1. The molecule has 110 valence electrons. The van der Waals surface area contributed by atoms with Crippen molar-refractivity contribution < 1.29 is 19.4 Å². The summed E-state index contributed by atoms with van der Waals surface area (Å²) in [4.78, 5) is 21.9. The Morgan fingerprint density at radius 1 is 1.15 bits per heavy atom. The van der Waals surface area contributed by atoms with Crippen LogP contribution in [0.25, 0.3) is 0 Å². The number of esters is 1. The van der Waals surface area contributed by atoms with Crippen molar-refractivity contribution in [1.29, 1.82) is 0 Å². The molecule has 1 aromatic rings. The predicted octanol–water partition coefficient (Wildman–Crippen LogP) is 0.757. The van der Waals surface area contributed by atoms with Gasteiger partial charge in [0.2, 0.25) is 0 Å². The molecular weight excluding hydrogens is 258 g/mol. The first-order valence-electron chi connectivity index (χ1n) is 6.75. The van der Waals surface area contributed by atoms with Gasteiger partial charge in [0.15, 0.2) is 0 Å². The lowest BCUT2D eigenvalue weighted by molar-refractivity contribution is -0.307. The number of carbonyl (C=O) groups is 2. The van der Waals surface area contributed by atoms with Crippen LogP contribution in [0, 0.1) is 0 Å². The van der Waals surface area contributed by atoms with Crippen LogP contribution in [0.3, 0.4) is 0 Å². The van der Waals surface area contributed by atoms with E-state index in [0.717, 1.165) is 12.0 Å². The molecule has 0 fully saturated rings. The Labute approximate surface area is 118 Å². The van der Waals surface area contributed by atoms with E-state index in [4.69, 9.17) is 10.5 Å². The summed E-state index contributed by atoms with van der Waals surface area (Å²) < 4.78 is 5.13. The molecular formula is C15H20NO4-. The molecule has 0 saturated heterocycles. The van der Waals surface area contributed by atoms with E-state index in [1.54, 1.807) is 0 Å². The molecule has 1 atom stereocenters. The van der Waals surface area contributed by atoms with E-state index in [9.17, 15) is 14.7 Å². The monoisotopic (exact) mass is 278 g/mol. The van der Waals surface area contributed by atoms with Gasteiger partial charge in [0.05, 0.1) is 5.97 Å². The van der Waals surface area contributed by atoms with Crippen LogP contribution in [-0.4, -0.2) is 18.0 Å². The average Bonchev–Trinajstić information content (AvgIpc) is 2.45. The lowest BCUT2D eigenvalue weighted by atomic mass is 10.1. The Morgan fingerprint density at radius 2 is 1.85 bits per heavy atom. The van der Waals surface area contributed by atoms with Gasteiger partial charge in [0.25, 0.3) is 0 Å². The molecule has 0 aliphatic heterocycles. The van der Waals surface area contributed by atoms with E-state index in [1.165, 1.54) is 0 Å². The highest BCUT2D eigenvalue weighted by Crippen LogP contribution is 2.07. The topological polar surface area (TPSA) is 92.5 Å². The number of rotatable bonds is 9. The second-order valence-corrected chi connectivity index (χ2v) is 4.67. The van der Waals surface area contributed by atoms with Gasteiger partial charge < -0.3 is 20.4 Å². The number of aliphatic carboxylic acids is 1. The molecule has 0 aliphatic carbocycles. The number of hydrogen-bond donors (Lipinski definition) is 1. The van der Waals surface area contributed by atoms with E-state index in [1.807, 2.05) is 30.3 Å². The number of benzene rings is 1. The molecule has 0 spiro atoms. The minimum Gasteiger partial charge on any atom is -0.548 e. The summed E-state index contributed by atoms with van der Waals surface area (Å²) in [5, 5.41) is 10.4. The summed E-state index contributed by atoms with van der Waals surface area (Å²) >= 11 is 0. The lowest BCUT2D eigenvalue weighted by Gasteiger charge is -2.11. The SMILES string of the molecule is NC(CCCCCC(=O)OCc1ccccc1)C(=O)[O-]. The lowest BCUT2D eigenvalue weighted by Crippen LogP contribution is -2.41. The van der Waals surface area contributed by atoms with Crippen LogP contribution in [0.15, 0.2) is 30.3 Å². The molecule has 0 saturated carbocycles. The Balaban J connectivity index is 2.05. The van der Waals surface area contributed by atoms with E-state index in [-0.39, 0.29) is 12.6 Å². The molecule has 5 heteroatoms. The van der Waals surface area contributed by atoms with Gasteiger partial charge in [-0.3, -0.25) is 4.79 Å². The van der Waals surface area contributed by atoms with Gasteiger partial charge >= 0.3 is 5.97 Å². The normalized spacial score (nSPS) is 11.8. The largest absolute Gasteiger partial charge is 0.548 e. The predicted molar refractivity (Wildman–Crippen MR) is 72.3 cm³/mol. The maximum absolute atomic E-state index is 11.5. The number of hydrogen-bond acceptors (Lipinski definition) is 5. The third kappa shape index (κ3) is 6.89. The molecule has 0 aliphatic rings. The van der Waals surface area contributed by atoms with Crippen LogP contribution in [0.2, 0.25) is 0 Å². The zero-order valence-electron chi connectivity index (χ0n) is 11.4. The fourth-order valence-corrected chi connectivity index (χ4v) is 1.74. The van der Waals surface area contributed by atoms with Crippen LogP contribution in [0.1, 0.15) is 37.7 Å². The Bertz CT molecular complexity index is 419. The Kier molecular flexibility index (Phi) is 7.35. The van der Waals surface area contributed by atoms with Gasteiger partial charge in [0, 0.05) is 12.5 Å². The van der Waals surface area contributed by atoms with Gasteiger partial charge in [-0.1, -0.05) is 43.2 Å². The third-order valence-electron chi connectivity index (χ3n) is 2.94. The molecule has 5 nitrogen and oxygen atoms in total. The first-order chi connectivity index (χ1) is 9.59. The van der Waals surface area contributed by atoms with Crippen molar-refractivity contribution >= 4 is 11.9 Å². The number of unbranched alkanes of at least 4 members (excludes halogenated alkanes) is 2. The average molecular weight is 278 g/mol. The molecule has 0 radical (unpaired) electrons. The summed E-state index contributed by atoms with van der Waals surface area (Å²) in [6.07, 6.45) is 2.81. The third-order valence-corrected chi connectivity index (χ3v) is 2.94. The van der Waals surface area contributed by atoms with E-state index < -0.39 is 12.0 Å². The fourth-order valence-electron chi connectivity index (χ4n) is 1.74. The zero-order valence-corrected chi connectivity index (χ0v) is 11.4. The second kappa shape index (κ2) is 9.09. The van der Waals surface area contributed by atoms with Gasteiger partial charge in [-0.15, -0.1) is 0 Å². The quantitative estimate of drug-likeness (QED) is 0.531. The van der Waals surface area contributed by atoms with Crippen LogP contribution in [-0.2, 0) is 20.9 Å². The van der Waals surface area contributed by atoms with Gasteiger partial charge in [-0.25, -0.2) is 0 Å². The first-order valence-corrected chi connectivity index (χ1v) is 6.75. The van der Waals surface area contributed by atoms with Gasteiger partial charge in [-0.05, 0) is 18.4 Å². The Morgan fingerprint density at radius 3 is 2.50 bits per heavy atom. The van der Waals surface area contributed by atoms with Crippen LogP contribution < -0.4 is 10.8 Å². The number of carbonyl (C=O) groups excluding carboxylic acids is 2. The van der Waals surface area contributed by atoms with Crippen molar-refractivity contribution in [2.45, 2.75) is 44.8 Å². The highest BCUT2D eigenvalue weighted by atomic mass is 16.5. The number of ether oxygens (including phenoxy) is 1. The molecule has 0 aromatic heterocycles. The molecule has 2 N–H and O–H groups in total. The van der Waals surface area contributed by atoms with Crippen molar-refractivity contribution in [3.63, 3.8) is 0 Å². The van der Waals surface area contributed by atoms with Crippen LogP contribution in [0.4, 0.5) is 0 Å². The van der Waals surface area contributed by atoms with Gasteiger partial charge in [0.1, 0.15) is 6.61 Å². The fraction of sp³-hybridized carbons (Fsp3) is 0.467. The maximum Gasteiger partial charge on any atom is 0.306 e. The molecule has 0 bridgehead atoms. The smallest absolute Gasteiger partial charge is 0.306 e. The zero-order chi connectivity index (χ0) is 14.8. The highest BCUT2D eigenvalue weighted by molar-refractivity contribution is 5.70. The number of carboxylic acid groups (broad SMARTS) is 1. The van der Waals surface area contributed by atoms with Crippen LogP contribution >= 0.6 is 0 Å². The first kappa shape index (κ1) is 16.2. The minimum atomic E-state index is -1.23. The molecule has 1 aromatic carbocycles. The highest BCUT2D eigenvalue weighted by Gasteiger charge is 2.05. The Hall–Kier alpha value is -1.88. The number of nitrogens with two attached hydrogens (primary N) is 1. The van der Waals surface area contributed by atoms with E-state index >= 15 is 0 Å². The molecule has 1 unspecified atom stereocenters. The summed E-state index contributed by atoms with van der Waals surface area (Å²) in [6, 6.07) is 8.57. The second-order valence-electron chi connectivity index (χ2n) is 4.67. The summed E-state index contributed by atoms with van der Waals surface area (Å²) in [6.45, 7) is 0.287. The van der Waals surface area contributed by atoms with Crippen LogP contribution in [0.5, 0.6) is 0 Å². The van der Waals surface area contributed by atoms with Gasteiger partial charge in [-0.2, -0.15) is 0 Å². The summed E-state index contributed by atoms with van der Waals surface area (Å²) in [5.41, 5.74) is 6.28. The molecule has 0 heterocycles. The van der Waals surface area contributed by atoms with Crippen molar-refractivity contribution in [3.8, 4) is 0 Å². The van der Waals surface area contributed by atoms with E-state index in [0.29, 0.717) is 25.7 Å². The van der Waals surface area contributed by atoms with Crippen molar-refractivity contribution in [2.75, 3.05) is 0 Å². The molecule has 1 rings (SSSR count). The molecule has 20 heavy (non-hydrogen) atoms. The summed E-state index contributed by atoms with van der Waals surface area (Å²) in [5.74, 6) is -1.47. The molecule has 0 amide bonds. The van der Waals surface area contributed by atoms with Crippen molar-refractivity contribution in [1.82, 2.24) is 0 Å². The van der Waals surface area contributed by atoms with Crippen molar-refractivity contribution in [3.05, 3.63) is 35.9 Å². The maximum atomic E-state index is 11.5. The summed E-state index contributed by atoms with van der Waals surface area (Å²) in [7, 11) is 0. The number of carboxylic acids is 1. The van der Waals surface area contributed by atoms with Crippen molar-refractivity contribution in [2.24, 2.45) is 5.73 Å². The minimum absolute atomic E-state index is 0.238. The van der Waals surface area contributed by atoms with E-state index in [2.05, 4.69) is 0 Å².